The van der Waals surface area contributed by atoms with E-state index in [9.17, 15) is 0 Å². The van der Waals surface area contributed by atoms with Gasteiger partial charge >= 0.3 is 0 Å². The van der Waals surface area contributed by atoms with Crippen LogP contribution in [0.15, 0.2) is 34.3 Å². The Kier molecular flexibility index (Phi) is 7.15. The van der Waals surface area contributed by atoms with Crippen molar-refractivity contribution in [1.82, 2.24) is 0 Å². The summed E-state index contributed by atoms with van der Waals surface area (Å²) in [7, 11) is 0. The topological polar surface area (TPSA) is 71.0 Å². The average Bonchev–Trinajstić information content (AvgIpc) is 2.40. The van der Waals surface area contributed by atoms with Crippen molar-refractivity contribution in [3.63, 3.8) is 0 Å². The van der Waals surface area contributed by atoms with Crippen LogP contribution in [-0.4, -0.2) is 30.9 Å². The van der Waals surface area contributed by atoms with Crippen LogP contribution in [0, 0.1) is 5.92 Å². The van der Waals surface area contributed by atoms with Crippen molar-refractivity contribution in [2.45, 2.75) is 19.3 Å². The Hall–Kier alpha value is -1.39. The van der Waals surface area contributed by atoms with Gasteiger partial charge in [-0.1, -0.05) is 30.7 Å². The summed E-state index contributed by atoms with van der Waals surface area (Å²) in [4.78, 5) is 7.99. The summed E-state index contributed by atoms with van der Waals surface area (Å²) in [5.74, 6) is 0.554. The summed E-state index contributed by atoms with van der Waals surface area (Å²) in [6, 6.07) is 7.75. The van der Waals surface area contributed by atoms with E-state index in [0.29, 0.717) is 17.5 Å². The molecule has 1 aromatic rings. The van der Waals surface area contributed by atoms with Crippen LogP contribution in [0.25, 0.3) is 0 Å². The molecule has 0 aliphatic carbocycles. The Bertz CT molecular complexity index is 417. The summed E-state index contributed by atoms with van der Waals surface area (Å²) in [6.07, 6.45) is 3.40. The van der Waals surface area contributed by atoms with Crippen molar-refractivity contribution in [1.29, 1.82) is 0 Å². The Morgan fingerprint density at radius 3 is 2.63 bits per heavy atom. The predicted molar refractivity (Wildman–Crippen MR) is 81.1 cm³/mol. The van der Waals surface area contributed by atoms with Gasteiger partial charge in [0.15, 0.2) is 0 Å². The Morgan fingerprint density at radius 2 is 2.05 bits per heavy atom. The van der Waals surface area contributed by atoms with Gasteiger partial charge in [0.05, 0.1) is 6.34 Å². The zero-order chi connectivity index (χ0) is 14.1. The molecule has 0 bridgehead atoms. The first-order valence-electron chi connectivity index (χ1n) is 6.27. The summed E-state index contributed by atoms with van der Waals surface area (Å²) < 4.78 is 0. The van der Waals surface area contributed by atoms with Crippen LogP contribution in [-0.2, 0) is 0 Å². The van der Waals surface area contributed by atoms with Crippen LogP contribution < -0.4 is 5.73 Å². The van der Waals surface area contributed by atoms with Crippen LogP contribution in [0.4, 0.5) is 0 Å². The molecule has 19 heavy (non-hydrogen) atoms. The normalized spacial score (nSPS) is 15.1. The van der Waals surface area contributed by atoms with Crippen molar-refractivity contribution in [2.24, 2.45) is 21.6 Å². The maximum Gasteiger partial charge on any atom is 0.111 e. The molecular formula is C14H20ClN3O. The van der Waals surface area contributed by atoms with Crippen LogP contribution in [0.2, 0.25) is 5.02 Å². The molecule has 2 unspecified atom stereocenters. The van der Waals surface area contributed by atoms with Crippen LogP contribution in [0.3, 0.4) is 0 Å². The smallest absolute Gasteiger partial charge is 0.111 e. The molecule has 4 nitrogen and oxygen atoms in total. The Balaban J connectivity index is 2.81. The number of hydrogen-bond donors (Lipinski definition) is 2. The van der Waals surface area contributed by atoms with Gasteiger partial charge in [0.25, 0.3) is 0 Å². The van der Waals surface area contributed by atoms with E-state index in [4.69, 9.17) is 22.4 Å². The average molecular weight is 282 g/mol. The molecule has 1 rings (SSSR count). The maximum absolute atomic E-state index is 9.09. The lowest BCUT2D eigenvalue weighted by Gasteiger charge is -2.22. The zero-order valence-electron chi connectivity index (χ0n) is 11.0. The largest absolute Gasteiger partial charge is 0.396 e. The molecule has 0 amide bonds. The van der Waals surface area contributed by atoms with E-state index < -0.39 is 0 Å². The molecule has 0 aliphatic heterocycles. The summed E-state index contributed by atoms with van der Waals surface area (Å²) in [6.45, 7) is 2.90. The van der Waals surface area contributed by atoms with Gasteiger partial charge in [-0.2, -0.15) is 0 Å². The monoisotopic (exact) mass is 281 g/mol. The number of aliphatic imine (C=N–C) groups is 2. The Morgan fingerprint density at radius 1 is 1.37 bits per heavy atom. The molecule has 0 radical (unpaired) electrons. The zero-order valence-corrected chi connectivity index (χ0v) is 11.8. The highest BCUT2D eigenvalue weighted by Crippen LogP contribution is 2.28. The second-order valence-electron chi connectivity index (χ2n) is 4.43. The first kappa shape index (κ1) is 15.7. The molecule has 1 aromatic carbocycles. The molecule has 0 saturated carbocycles. The molecule has 3 N–H and O–H groups in total. The highest BCUT2D eigenvalue weighted by atomic mass is 35.5. The standard InChI is InChI=1S/C14H20ClN3O/c1-11(6-7-19)14(8-17-10-18-9-16)12-2-4-13(15)5-3-12/h2-5,9-11,14,19H,6-8H2,1H3,(H2,16,17,18). The van der Waals surface area contributed by atoms with Crippen LogP contribution in [0.1, 0.15) is 24.8 Å². The van der Waals surface area contributed by atoms with Gasteiger partial charge in [0.1, 0.15) is 6.34 Å². The fraction of sp³-hybridized carbons (Fsp3) is 0.429. The number of aliphatic hydroxyl groups excluding tert-OH is 1. The number of hydrogen-bond acceptors (Lipinski definition) is 2. The van der Waals surface area contributed by atoms with Gasteiger partial charge in [-0.15, -0.1) is 0 Å². The van der Waals surface area contributed by atoms with E-state index in [1.807, 2.05) is 24.3 Å². The Labute approximate surface area is 119 Å². The first-order chi connectivity index (χ1) is 9.19. The summed E-state index contributed by atoms with van der Waals surface area (Å²) >= 11 is 5.90. The predicted octanol–water partition coefficient (Wildman–Crippen LogP) is 2.46. The highest BCUT2D eigenvalue weighted by molar-refractivity contribution is 6.30. The van der Waals surface area contributed by atoms with Gasteiger partial charge in [0.2, 0.25) is 0 Å². The van der Waals surface area contributed by atoms with Crippen molar-refractivity contribution in [2.75, 3.05) is 13.2 Å². The van der Waals surface area contributed by atoms with E-state index in [1.54, 1.807) is 0 Å². The third-order valence-electron chi connectivity index (χ3n) is 3.11. The fourth-order valence-electron chi connectivity index (χ4n) is 1.98. The van der Waals surface area contributed by atoms with Gasteiger partial charge in [-0.05, 0) is 30.0 Å². The number of benzene rings is 1. The molecule has 0 saturated heterocycles. The molecule has 0 spiro atoms. The SMILES string of the molecule is CC(CCO)C(CN=CN=CN)c1ccc(Cl)cc1. The highest BCUT2D eigenvalue weighted by Gasteiger charge is 2.18. The lowest BCUT2D eigenvalue weighted by molar-refractivity contribution is 0.250. The number of aliphatic hydroxyl groups is 1. The van der Waals surface area contributed by atoms with E-state index in [-0.39, 0.29) is 12.5 Å². The molecule has 104 valence electrons. The fourth-order valence-corrected chi connectivity index (χ4v) is 2.10. The molecular weight excluding hydrogens is 262 g/mol. The quantitative estimate of drug-likeness (QED) is 0.595. The van der Waals surface area contributed by atoms with Gasteiger partial charge in [-0.25, -0.2) is 4.99 Å². The molecule has 0 aromatic heterocycles. The second-order valence-corrected chi connectivity index (χ2v) is 4.86. The van der Waals surface area contributed by atoms with Crippen molar-refractivity contribution in [3.05, 3.63) is 34.9 Å². The molecule has 0 aliphatic rings. The third-order valence-corrected chi connectivity index (χ3v) is 3.36. The number of rotatable bonds is 7. The van der Waals surface area contributed by atoms with E-state index in [2.05, 4.69) is 16.9 Å². The van der Waals surface area contributed by atoms with E-state index in [0.717, 1.165) is 6.42 Å². The lowest BCUT2D eigenvalue weighted by atomic mass is 9.85. The summed E-state index contributed by atoms with van der Waals surface area (Å²) in [5.41, 5.74) is 6.32. The molecule has 2 atom stereocenters. The van der Waals surface area contributed by atoms with Gasteiger partial charge < -0.3 is 10.8 Å². The lowest BCUT2D eigenvalue weighted by Crippen LogP contribution is -2.14. The molecule has 0 heterocycles. The third kappa shape index (κ3) is 5.41. The van der Waals surface area contributed by atoms with Crippen molar-refractivity contribution < 1.29 is 5.11 Å². The number of halogens is 1. The van der Waals surface area contributed by atoms with E-state index >= 15 is 0 Å². The minimum absolute atomic E-state index is 0.177. The summed E-state index contributed by atoms with van der Waals surface area (Å²) in [5, 5.41) is 9.80. The van der Waals surface area contributed by atoms with Crippen LogP contribution >= 0.6 is 11.6 Å². The van der Waals surface area contributed by atoms with Gasteiger partial charge in [-0.3, -0.25) is 4.99 Å². The maximum atomic E-state index is 9.09. The molecule has 0 fully saturated rings. The van der Waals surface area contributed by atoms with E-state index in [1.165, 1.54) is 18.2 Å². The molecule has 5 heteroatoms. The first-order valence-corrected chi connectivity index (χ1v) is 6.64. The number of nitrogens with zero attached hydrogens (tertiary/aromatic N) is 2. The van der Waals surface area contributed by atoms with Crippen molar-refractivity contribution in [3.8, 4) is 0 Å². The van der Waals surface area contributed by atoms with Gasteiger partial charge in [0, 0.05) is 24.1 Å². The minimum Gasteiger partial charge on any atom is -0.396 e. The van der Waals surface area contributed by atoms with Crippen molar-refractivity contribution >= 4 is 24.3 Å². The van der Waals surface area contributed by atoms with Crippen LogP contribution in [0.5, 0.6) is 0 Å². The minimum atomic E-state index is 0.177. The number of nitrogens with two attached hydrogens (primary N) is 1. The second kappa shape index (κ2) is 8.67.